The monoisotopic (exact) mass is 244 g/mol. The lowest BCUT2D eigenvalue weighted by atomic mass is 9.86. The standard InChI is InChI=1S/C16H20O2/c1-15(2)10-16(15,14(17)18-3)13-8-7-11-5-4-6-12(11)9-13/h7-9H,4-6,10H2,1-3H3. The number of benzene rings is 1. The van der Waals surface area contributed by atoms with Crippen LogP contribution in [0.4, 0.5) is 0 Å². The number of fused-ring (bicyclic) bond motifs is 1. The molecule has 2 nitrogen and oxygen atoms in total. The van der Waals surface area contributed by atoms with Crippen molar-refractivity contribution in [1.82, 2.24) is 0 Å². The minimum atomic E-state index is -0.403. The van der Waals surface area contributed by atoms with E-state index < -0.39 is 5.41 Å². The van der Waals surface area contributed by atoms with Gasteiger partial charge in [0.05, 0.1) is 12.5 Å². The number of carbonyl (C=O) groups excluding carboxylic acids is 1. The lowest BCUT2D eigenvalue weighted by Gasteiger charge is -2.19. The molecule has 0 bridgehead atoms. The Bertz CT molecular complexity index is 516. The fourth-order valence-corrected chi connectivity index (χ4v) is 3.59. The van der Waals surface area contributed by atoms with Gasteiger partial charge in [-0.2, -0.15) is 0 Å². The number of esters is 1. The van der Waals surface area contributed by atoms with Crippen molar-refractivity contribution in [3.05, 3.63) is 34.9 Å². The predicted octanol–water partition coefficient (Wildman–Crippen LogP) is 3.02. The van der Waals surface area contributed by atoms with E-state index in [1.54, 1.807) is 0 Å². The van der Waals surface area contributed by atoms with E-state index >= 15 is 0 Å². The van der Waals surface area contributed by atoms with Gasteiger partial charge in [-0.1, -0.05) is 32.0 Å². The molecule has 0 aliphatic heterocycles. The highest BCUT2D eigenvalue weighted by molar-refractivity contribution is 5.88. The van der Waals surface area contributed by atoms with Gasteiger partial charge in [0, 0.05) is 0 Å². The Kier molecular flexibility index (Phi) is 2.35. The number of hydrogen-bond acceptors (Lipinski definition) is 2. The van der Waals surface area contributed by atoms with Gasteiger partial charge >= 0.3 is 5.97 Å². The van der Waals surface area contributed by atoms with Crippen LogP contribution in [0.2, 0.25) is 0 Å². The summed E-state index contributed by atoms with van der Waals surface area (Å²) in [5.41, 5.74) is 3.66. The highest BCUT2D eigenvalue weighted by Gasteiger charge is 2.68. The minimum absolute atomic E-state index is 0.0208. The molecule has 18 heavy (non-hydrogen) atoms. The van der Waals surface area contributed by atoms with E-state index in [0.717, 1.165) is 18.4 Å². The van der Waals surface area contributed by atoms with Gasteiger partial charge in [-0.15, -0.1) is 0 Å². The van der Waals surface area contributed by atoms with Crippen LogP contribution in [0.25, 0.3) is 0 Å². The average Bonchev–Trinajstić information content (AvgIpc) is 2.75. The van der Waals surface area contributed by atoms with Crippen LogP contribution in [0.1, 0.15) is 43.4 Å². The number of carbonyl (C=O) groups is 1. The number of rotatable bonds is 2. The molecule has 0 amide bonds. The van der Waals surface area contributed by atoms with E-state index in [-0.39, 0.29) is 11.4 Å². The molecule has 0 N–H and O–H groups in total. The van der Waals surface area contributed by atoms with Crippen LogP contribution < -0.4 is 0 Å². The predicted molar refractivity (Wildman–Crippen MR) is 70.6 cm³/mol. The molecule has 1 unspecified atom stereocenters. The molecule has 96 valence electrons. The molecule has 1 saturated carbocycles. The molecule has 0 saturated heterocycles. The average molecular weight is 244 g/mol. The summed E-state index contributed by atoms with van der Waals surface area (Å²) in [6.45, 7) is 4.30. The van der Waals surface area contributed by atoms with Crippen molar-refractivity contribution in [2.45, 2.75) is 44.9 Å². The van der Waals surface area contributed by atoms with Crippen molar-refractivity contribution in [2.75, 3.05) is 7.11 Å². The number of methoxy groups -OCH3 is 1. The highest BCUT2D eigenvalue weighted by atomic mass is 16.5. The Morgan fingerprint density at radius 2 is 1.89 bits per heavy atom. The normalized spacial score (nSPS) is 27.7. The summed E-state index contributed by atoms with van der Waals surface area (Å²) >= 11 is 0. The lowest BCUT2D eigenvalue weighted by molar-refractivity contribution is -0.144. The summed E-state index contributed by atoms with van der Waals surface area (Å²) < 4.78 is 5.05. The van der Waals surface area contributed by atoms with Crippen LogP contribution in [-0.2, 0) is 27.8 Å². The van der Waals surface area contributed by atoms with Crippen molar-refractivity contribution in [3.63, 3.8) is 0 Å². The molecule has 2 heteroatoms. The smallest absolute Gasteiger partial charge is 0.316 e. The first-order valence-corrected chi connectivity index (χ1v) is 6.72. The van der Waals surface area contributed by atoms with Crippen LogP contribution >= 0.6 is 0 Å². The Hall–Kier alpha value is -1.31. The Morgan fingerprint density at radius 3 is 2.50 bits per heavy atom. The zero-order valence-electron chi connectivity index (χ0n) is 11.4. The van der Waals surface area contributed by atoms with Crippen molar-refractivity contribution < 1.29 is 9.53 Å². The molecule has 2 aliphatic carbocycles. The van der Waals surface area contributed by atoms with Crippen LogP contribution in [0.3, 0.4) is 0 Å². The molecule has 1 atom stereocenters. The van der Waals surface area contributed by atoms with Crippen LogP contribution in [-0.4, -0.2) is 13.1 Å². The van der Waals surface area contributed by atoms with Gasteiger partial charge in [0.25, 0.3) is 0 Å². The highest BCUT2D eigenvalue weighted by Crippen LogP contribution is 2.65. The largest absolute Gasteiger partial charge is 0.468 e. The molecule has 0 aromatic heterocycles. The van der Waals surface area contributed by atoms with Gasteiger partial charge in [0.1, 0.15) is 0 Å². The van der Waals surface area contributed by atoms with Gasteiger partial charge < -0.3 is 4.74 Å². The molecular formula is C16H20O2. The van der Waals surface area contributed by atoms with E-state index in [1.807, 2.05) is 0 Å². The minimum Gasteiger partial charge on any atom is -0.468 e. The van der Waals surface area contributed by atoms with Crippen molar-refractivity contribution in [2.24, 2.45) is 5.41 Å². The third-order valence-electron chi connectivity index (χ3n) is 4.86. The number of aryl methyl sites for hydroxylation is 2. The maximum Gasteiger partial charge on any atom is 0.316 e. The van der Waals surface area contributed by atoms with Gasteiger partial charge in [-0.25, -0.2) is 0 Å². The lowest BCUT2D eigenvalue weighted by Crippen LogP contribution is -2.27. The van der Waals surface area contributed by atoms with E-state index in [0.29, 0.717) is 0 Å². The summed E-state index contributed by atoms with van der Waals surface area (Å²) in [5, 5.41) is 0. The third-order valence-corrected chi connectivity index (χ3v) is 4.86. The maximum atomic E-state index is 12.2. The zero-order valence-corrected chi connectivity index (χ0v) is 11.4. The van der Waals surface area contributed by atoms with Crippen molar-refractivity contribution in [3.8, 4) is 0 Å². The number of ether oxygens (including phenoxy) is 1. The summed E-state index contributed by atoms with van der Waals surface area (Å²) in [4.78, 5) is 12.2. The quantitative estimate of drug-likeness (QED) is 0.747. The first-order chi connectivity index (χ1) is 8.51. The van der Waals surface area contributed by atoms with E-state index in [1.165, 1.54) is 31.1 Å². The molecule has 3 rings (SSSR count). The van der Waals surface area contributed by atoms with Gasteiger partial charge in [0.2, 0.25) is 0 Å². The van der Waals surface area contributed by atoms with Crippen LogP contribution in [0.5, 0.6) is 0 Å². The topological polar surface area (TPSA) is 26.3 Å². The molecule has 0 spiro atoms. The summed E-state index contributed by atoms with van der Waals surface area (Å²) in [6, 6.07) is 6.58. The first kappa shape index (κ1) is 11.8. The van der Waals surface area contributed by atoms with Gasteiger partial charge in [-0.3, -0.25) is 4.79 Å². The molecule has 2 aliphatic rings. The molecular weight excluding hydrogens is 224 g/mol. The second-order valence-corrected chi connectivity index (χ2v) is 6.29. The summed E-state index contributed by atoms with van der Waals surface area (Å²) in [7, 11) is 1.49. The fourth-order valence-electron chi connectivity index (χ4n) is 3.59. The fraction of sp³-hybridized carbons (Fsp3) is 0.562. The SMILES string of the molecule is COC(=O)C1(c2ccc3c(c2)CCC3)CC1(C)C. The van der Waals surface area contributed by atoms with Crippen molar-refractivity contribution >= 4 is 5.97 Å². The number of hydrogen-bond donors (Lipinski definition) is 0. The Labute approximate surface area is 108 Å². The molecule has 1 aromatic rings. The van der Waals surface area contributed by atoms with E-state index in [2.05, 4.69) is 32.0 Å². The van der Waals surface area contributed by atoms with E-state index in [9.17, 15) is 4.79 Å². The third kappa shape index (κ3) is 1.38. The maximum absolute atomic E-state index is 12.2. The summed E-state index contributed by atoms with van der Waals surface area (Å²) in [6.07, 6.45) is 4.48. The van der Waals surface area contributed by atoms with Crippen LogP contribution in [0, 0.1) is 5.41 Å². The molecule has 0 radical (unpaired) electrons. The molecule has 0 heterocycles. The second-order valence-electron chi connectivity index (χ2n) is 6.29. The van der Waals surface area contributed by atoms with Gasteiger partial charge in [-0.05, 0) is 47.8 Å². The molecule has 1 aromatic carbocycles. The Morgan fingerprint density at radius 1 is 1.22 bits per heavy atom. The van der Waals surface area contributed by atoms with Crippen molar-refractivity contribution in [1.29, 1.82) is 0 Å². The molecule has 1 fully saturated rings. The van der Waals surface area contributed by atoms with Gasteiger partial charge in [0.15, 0.2) is 0 Å². The first-order valence-electron chi connectivity index (χ1n) is 6.72. The van der Waals surface area contributed by atoms with E-state index in [4.69, 9.17) is 4.74 Å². The zero-order chi connectivity index (χ0) is 13.0. The summed E-state index contributed by atoms with van der Waals surface area (Å²) in [5.74, 6) is -0.0783. The Balaban J connectivity index is 2.05. The second kappa shape index (κ2) is 3.59. The van der Waals surface area contributed by atoms with Crippen LogP contribution in [0.15, 0.2) is 18.2 Å².